The van der Waals surface area contributed by atoms with Gasteiger partial charge >= 0.3 is 6.09 Å². The molecule has 1 unspecified atom stereocenters. The molecule has 1 rings (SSSR count). The first-order chi connectivity index (χ1) is 9.08. The molecular formula is C13H23N3O3. The zero-order valence-electron chi connectivity index (χ0n) is 11.4. The molecule has 0 aliphatic carbocycles. The number of hydrogen-bond donors (Lipinski definition) is 2. The van der Waals surface area contributed by atoms with Crippen molar-refractivity contribution in [2.45, 2.75) is 38.3 Å². The molecule has 1 aliphatic heterocycles. The summed E-state index contributed by atoms with van der Waals surface area (Å²) in [4.78, 5) is 24.9. The zero-order chi connectivity index (χ0) is 14.3. The molecule has 1 atom stereocenters. The van der Waals surface area contributed by atoms with E-state index >= 15 is 0 Å². The third kappa shape index (κ3) is 4.90. The molecule has 0 spiro atoms. The van der Waals surface area contributed by atoms with E-state index in [0.717, 1.165) is 12.8 Å². The van der Waals surface area contributed by atoms with E-state index in [1.54, 1.807) is 17.9 Å². The van der Waals surface area contributed by atoms with Crippen LogP contribution in [0.2, 0.25) is 0 Å². The smallest absolute Gasteiger partial charge is 0.409 e. The highest BCUT2D eigenvalue weighted by Crippen LogP contribution is 2.11. The fourth-order valence-electron chi connectivity index (χ4n) is 2.02. The molecule has 1 saturated heterocycles. The summed E-state index contributed by atoms with van der Waals surface area (Å²) in [6.07, 6.45) is 3.27. The van der Waals surface area contributed by atoms with Crippen LogP contribution >= 0.6 is 0 Å². The number of nitrogens with zero attached hydrogens (tertiary/aromatic N) is 1. The van der Waals surface area contributed by atoms with E-state index in [2.05, 4.69) is 11.9 Å². The highest BCUT2D eigenvalue weighted by Gasteiger charge is 2.25. The summed E-state index contributed by atoms with van der Waals surface area (Å²) < 4.78 is 4.94. The molecule has 2 amide bonds. The lowest BCUT2D eigenvalue weighted by atomic mass is 10.0. The predicted molar refractivity (Wildman–Crippen MR) is 72.5 cm³/mol. The van der Waals surface area contributed by atoms with Crippen molar-refractivity contribution >= 4 is 12.0 Å². The first kappa shape index (κ1) is 15.5. The first-order valence-electron chi connectivity index (χ1n) is 6.67. The van der Waals surface area contributed by atoms with Crippen molar-refractivity contribution < 1.29 is 14.3 Å². The average Bonchev–Trinajstić information content (AvgIpc) is 2.40. The lowest BCUT2D eigenvalue weighted by Gasteiger charge is -2.32. The van der Waals surface area contributed by atoms with Crippen LogP contribution in [0.4, 0.5) is 4.79 Å². The number of nitrogens with two attached hydrogens (primary N) is 1. The minimum Gasteiger partial charge on any atom is -0.450 e. The van der Waals surface area contributed by atoms with E-state index in [4.69, 9.17) is 10.5 Å². The minimum absolute atomic E-state index is 0.0778. The van der Waals surface area contributed by atoms with Gasteiger partial charge in [-0.3, -0.25) is 4.79 Å². The van der Waals surface area contributed by atoms with Crippen molar-refractivity contribution in [1.29, 1.82) is 0 Å². The van der Waals surface area contributed by atoms with Crippen LogP contribution in [0.3, 0.4) is 0 Å². The molecule has 108 valence electrons. The van der Waals surface area contributed by atoms with Gasteiger partial charge in [0, 0.05) is 19.1 Å². The monoisotopic (exact) mass is 269 g/mol. The van der Waals surface area contributed by atoms with Crippen molar-refractivity contribution in [3.8, 4) is 0 Å². The third-order valence-electron chi connectivity index (χ3n) is 3.12. The number of carbonyl (C=O) groups is 2. The number of piperidine rings is 1. The van der Waals surface area contributed by atoms with Crippen LogP contribution in [-0.4, -0.2) is 48.7 Å². The fraction of sp³-hybridized carbons (Fsp3) is 0.692. The molecule has 0 aromatic rings. The second kappa shape index (κ2) is 7.78. The maximum atomic E-state index is 11.7. The van der Waals surface area contributed by atoms with E-state index in [1.165, 1.54) is 0 Å². The maximum absolute atomic E-state index is 11.7. The van der Waals surface area contributed by atoms with E-state index in [-0.39, 0.29) is 18.0 Å². The Morgan fingerprint density at radius 1 is 1.53 bits per heavy atom. The molecule has 0 aromatic heterocycles. The van der Waals surface area contributed by atoms with Crippen LogP contribution in [0.1, 0.15) is 26.2 Å². The topological polar surface area (TPSA) is 84.7 Å². The van der Waals surface area contributed by atoms with Crippen molar-refractivity contribution in [3.05, 3.63) is 12.7 Å². The van der Waals surface area contributed by atoms with E-state index < -0.39 is 6.04 Å². The summed E-state index contributed by atoms with van der Waals surface area (Å²) >= 11 is 0. The van der Waals surface area contributed by atoms with Crippen LogP contribution in [0.5, 0.6) is 0 Å². The number of carbonyl (C=O) groups excluding carboxylic acids is 2. The van der Waals surface area contributed by atoms with Gasteiger partial charge < -0.3 is 20.7 Å². The van der Waals surface area contributed by atoms with Gasteiger partial charge in [0.25, 0.3) is 0 Å². The van der Waals surface area contributed by atoms with Gasteiger partial charge in [-0.05, 0) is 26.2 Å². The molecule has 1 heterocycles. The summed E-state index contributed by atoms with van der Waals surface area (Å²) in [7, 11) is 0. The van der Waals surface area contributed by atoms with E-state index in [0.29, 0.717) is 26.1 Å². The number of ether oxygens (including phenoxy) is 1. The summed E-state index contributed by atoms with van der Waals surface area (Å²) in [5.41, 5.74) is 5.69. The number of amides is 2. The van der Waals surface area contributed by atoms with Crippen molar-refractivity contribution in [2.24, 2.45) is 5.73 Å². The van der Waals surface area contributed by atoms with Gasteiger partial charge in [0.1, 0.15) is 0 Å². The first-order valence-corrected chi connectivity index (χ1v) is 6.67. The van der Waals surface area contributed by atoms with E-state index in [9.17, 15) is 9.59 Å². The SMILES string of the molecule is C=CCC(N)C(=O)NC1CCN(C(=O)OCC)CC1. The lowest BCUT2D eigenvalue weighted by Crippen LogP contribution is -2.50. The average molecular weight is 269 g/mol. The van der Waals surface area contributed by atoms with Gasteiger partial charge in [-0.1, -0.05) is 6.08 Å². The molecule has 0 radical (unpaired) electrons. The van der Waals surface area contributed by atoms with Crippen LogP contribution in [0.25, 0.3) is 0 Å². The Morgan fingerprint density at radius 3 is 2.68 bits per heavy atom. The molecule has 3 N–H and O–H groups in total. The van der Waals surface area contributed by atoms with Gasteiger partial charge in [-0.25, -0.2) is 4.79 Å². The number of likely N-dealkylation sites (tertiary alicyclic amines) is 1. The zero-order valence-corrected chi connectivity index (χ0v) is 11.4. The summed E-state index contributed by atoms with van der Waals surface area (Å²) in [6.45, 7) is 6.92. The molecule has 0 saturated carbocycles. The van der Waals surface area contributed by atoms with Crippen molar-refractivity contribution in [2.75, 3.05) is 19.7 Å². The van der Waals surface area contributed by atoms with E-state index in [1.807, 2.05) is 0 Å². The Morgan fingerprint density at radius 2 is 2.16 bits per heavy atom. The normalized spacial score (nSPS) is 17.7. The van der Waals surface area contributed by atoms with Gasteiger partial charge in [-0.15, -0.1) is 6.58 Å². The Hall–Kier alpha value is -1.56. The summed E-state index contributed by atoms with van der Waals surface area (Å²) in [6, 6.07) is -0.463. The number of hydrogen-bond acceptors (Lipinski definition) is 4. The highest BCUT2D eigenvalue weighted by atomic mass is 16.6. The quantitative estimate of drug-likeness (QED) is 0.717. The van der Waals surface area contributed by atoms with Crippen molar-refractivity contribution in [1.82, 2.24) is 10.2 Å². The highest BCUT2D eigenvalue weighted by molar-refractivity contribution is 5.82. The molecular weight excluding hydrogens is 246 g/mol. The summed E-state index contributed by atoms with van der Waals surface area (Å²) in [5, 5.41) is 2.90. The van der Waals surface area contributed by atoms with Crippen LogP contribution in [-0.2, 0) is 9.53 Å². The molecule has 0 aromatic carbocycles. The van der Waals surface area contributed by atoms with Crippen LogP contribution < -0.4 is 11.1 Å². The molecule has 6 heteroatoms. The van der Waals surface area contributed by atoms with Gasteiger partial charge in [0.2, 0.25) is 5.91 Å². The molecule has 0 bridgehead atoms. The molecule has 1 aliphatic rings. The molecule has 1 fully saturated rings. The largest absolute Gasteiger partial charge is 0.450 e. The van der Waals surface area contributed by atoms with Crippen molar-refractivity contribution in [3.63, 3.8) is 0 Å². The number of nitrogens with one attached hydrogen (secondary N) is 1. The number of rotatable bonds is 5. The standard InChI is InChI=1S/C13H23N3O3/c1-3-5-11(14)12(17)15-10-6-8-16(9-7-10)13(18)19-4-2/h3,10-11H,1,4-9,14H2,2H3,(H,15,17). The van der Waals surface area contributed by atoms with Gasteiger partial charge in [0.15, 0.2) is 0 Å². The lowest BCUT2D eigenvalue weighted by molar-refractivity contribution is -0.123. The Bertz CT molecular complexity index is 325. The molecule has 6 nitrogen and oxygen atoms in total. The second-order valence-corrected chi connectivity index (χ2v) is 4.60. The minimum atomic E-state index is -0.541. The second-order valence-electron chi connectivity index (χ2n) is 4.60. The van der Waals surface area contributed by atoms with Crippen LogP contribution in [0.15, 0.2) is 12.7 Å². The van der Waals surface area contributed by atoms with Gasteiger partial charge in [-0.2, -0.15) is 0 Å². The van der Waals surface area contributed by atoms with Gasteiger partial charge in [0.05, 0.1) is 12.6 Å². The third-order valence-corrected chi connectivity index (χ3v) is 3.12. The Labute approximate surface area is 114 Å². The predicted octanol–water partition coefficient (Wildman–Crippen LogP) is 0.627. The summed E-state index contributed by atoms with van der Waals surface area (Å²) in [5.74, 6) is -0.158. The molecule has 19 heavy (non-hydrogen) atoms. The Balaban J connectivity index is 2.32. The Kier molecular flexibility index (Phi) is 6.35. The maximum Gasteiger partial charge on any atom is 0.409 e. The fourth-order valence-corrected chi connectivity index (χ4v) is 2.02. The van der Waals surface area contributed by atoms with Crippen LogP contribution in [0, 0.1) is 0 Å².